The minimum atomic E-state index is -0.209. The van der Waals surface area contributed by atoms with E-state index in [1.165, 1.54) is 0 Å². The van der Waals surface area contributed by atoms with Crippen molar-refractivity contribution >= 4 is 11.8 Å². The van der Waals surface area contributed by atoms with Crippen LogP contribution in [0, 0.1) is 0 Å². The Morgan fingerprint density at radius 2 is 1.79 bits per heavy atom. The second-order valence-corrected chi connectivity index (χ2v) is 8.59. The number of carbonyl (C=O) groups is 2. The summed E-state index contributed by atoms with van der Waals surface area (Å²) in [7, 11) is 0. The van der Waals surface area contributed by atoms with Crippen LogP contribution >= 0.6 is 0 Å². The Bertz CT molecular complexity index is 627. The fourth-order valence-corrected chi connectivity index (χ4v) is 3.63. The van der Waals surface area contributed by atoms with Crippen molar-refractivity contribution in [1.29, 1.82) is 0 Å². The van der Waals surface area contributed by atoms with E-state index >= 15 is 0 Å². The van der Waals surface area contributed by atoms with E-state index in [-0.39, 0.29) is 23.4 Å². The molecule has 1 aromatic carbocycles. The van der Waals surface area contributed by atoms with Crippen molar-refractivity contribution in [2.45, 2.75) is 58.7 Å². The highest BCUT2D eigenvalue weighted by Crippen LogP contribution is 2.11. The number of nitrogens with one attached hydrogen (secondary N) is 2. The molecule has 0 radical (unpaired) electrons. The maximum Gasteiger partial charge on any atom is 0.237 e. The fourth-order valence-electron chi connectivity index (χ4n) is 3.63. The van der Waals surface area contributed by atoms with Gasteiger partial charge in [-0.15, -0.1) is 0 Å². The first-order valence-corrected chi connectivity index (χ1v) is 10.4. The molecule has 0 spiro atoms. The summed E-state index contributed by atoms with van der Waals surface area (Å²) in [5, 5.41) is 6.10. The van der Waals surface area contributed by atoms with Gasteiger partial charge >= 0.3 is 0 Å². The van der Waals surface area contributed by atoms with Crippen LogP contribution < -0.4 is 10.6 Å². The molecule has 2 N–H and O–H groups in total. The summed E-state index contributed by atoms with van der Waals surface area (Å²) in [6.45, 7) is 12.4. The fraction of sp³-hybridized carbons (Fsp3) is 0.636. The zero-order valence-electron chi connectivity index (χ0n) is 17.8. The van der Waals surface area contributed by atoms with Crippen LogP contribution in [0.25, 0.3) is 0 Å². The number of amides is 2. The largest absolute Gasteiger partial charge is 0.351 e. The lowest BCUT2D eigenvalue weighted by molar-refractivity contribution is -0.127. The predicted molar refractivity (Wildman–Crippen MR) is 113 cm³/mol. The third kappa shape index (κ3) is 7.60. The minimum Gasteiger partial charge on any atom is -0.351 e. The Hall–Kier alpha value is -1.92. The van der Waals surface area contributed by atoms with Gasteiger partial charge in [-0.2, -0.15) is 0 Å². The number of hydrogen-bond acceptors (Lipinski definition) is 4. The van der Waals surface area contributed by atoms with Crippen molar-refractivity contribution in [3.8, 4) is 0 Å². The van der Waals surface area contributed by atoms with E-state index in [0.29, 0.717) is 13.1 Å². The van der Waals surface area contributed by atoms with Crippen LogP contribution in [0.15, 0.2) is 30.3 Å². The lowest BCUT2D eigenvalue weighted by atomic mass is 10.1. The number of rotatable bonds is 7. The van der Waals surface area contributed by atoms with Crippen LogP contribution in [0.1, 0.15) is 46.1 Å². The topological polar surface area (TPSA) is 64.7 Å². The van der Waals surface area contributed by atoms with Gasteiger partial charge in [0.25, 0.3) is 0 Å². The van der Waals surface area contributed by atoms with Gasteiger partial charge < -0.3 is 10.6 Å². The summed E-state index contributed by atoms with van der Waals surface area (Å²) >= 11 is 0. The first-order valence-electron chi connectivity index (χ1n) is 10.4. The van der Waals surface area contributed by atoms with E-state index in [4.69, 9.17) is 0 Å². The Morgan fingerprint density at radius 1 is 1.07 bits per heavy atom. The van der Waals surface area contributed by atoms with Crippen molar-refractivity contribution in [2.24, 2.45) is 0 Å². The molecule has 1 fully saturated rings. The molecule has 1 saturated heterocycles. The number of hydrogen-bond donors (Lipinski definition) is 2. The second-order valence-electron chi connectivity index (χ2n) is 8.59. The molecule has 0 aromatic heterocycles. The summed E-state index contributed by atoms with van der Waals surface area (Å²) in [5.74, 6) is 0.152. The van der Waals surface area contributed by atoms with Crippen molar-refractivity contribution in [3.05, 3.63) is 35.9 Å². The van der Waals surface area contributed by atoms with Crippen molar-refractivity contribution in [2.75, 3.05) is 32.7 Å². The lowest BCUT2D eigenvalue weighted by Gasteiger charge is -2.29. The quantitative estimate of drug-likeness (QED) is 0.750. The monoisotopic (exact) mass is 388 g/mol. The Morgan fingerprint density at radius 3 is 2.43 bits per heavy atom. The van der Waals surface area contributed by atoms with Gasteiger partial charge in [-0.05, 0) is 45.7 Å². The molecule has 2 rings (SSSR count). The molecule has 6 nitrogen and oxygen atoms in total. The number of nitrogens with zero attached hydrogens (tertiary/aromatic N) is 2. The molecule has 1 aliphatic heterocycles. The van der Waals surface area contributed by atoms with E-state index in [2.05, 4.69) is 27.4 Å². The van der Waals surface area contributed by atoms with Gasteiger partial charge in [-0.1, -0.05) is 37.3 Å². The highest BCUT2D eigenvalue weighted by molar-refractivity contribution is 5.81. The molecule has 0 saturated carbocycles. The highest BCUT2D eigenvalue weighted by Gasteiger charge is 2.27. The molecule has 0 aliphatic carbocycles. The molecule has 156 valence electrons. The second kappa shape index (κ2) is 10.6. The van der Waals surface area contributed by atoms with Gasteiger partial charge in [0.2, 0.25) is 11.8 Å². The van der Waals surface area contributed by atoms with Gasteiger partial charge in [0, 0.05) is 31.7 Å². The van der Waals surface area contributed by atoms with Gasteiger partial charge in [0.05, 0.1) is 12.6 Å². The zero-order chi connectivity index (χ0) is 20.6. The predicted octanol–water partition coefficient (Wildman–Crippen LogP) is 2.00. The Kier molecular flexibility index (Phi) is 8.45. The zero-order valence-corrected chi connectivity index (χ0v) is 17.8. The summed E-state index contributed by atoms with van der Waals surface area (Å²) < 4.78 is 0. The SMILES string of the molecule is CCC(C(=O)NCc1ccccc1)N1CCCN(CC(=O)NC(C)(C)C)CC1. The number of carbonyl (C=O) groups excluding carboxylic acids is 2. The van der Waals surface area contributed by atoms with Crippen molar-refractivity contribution in [3.63, 3.8) is 0 Å². The minimum absolute atomic E-state index is 0.0635. The molecule has 1 unspecified atom stereocenters. The molecule has 6 heteroatoms. The van der Waals surface area contributed by atoms with Gasteiger partial charge in [-0.25, -0.2) is 0 Å². The van der Waals surface area contributed by atoms with E-state index in [1.807, 2.05) is 51.1 Å². The third-order valence-corrected chi connectivity index (χ3v) is 4.94. The van der Waals surface area contributed by atoms with Crippen molar-refractivity contribution < 1.29 is 9.59 Å². The van der Waals surface area contributed by atoms with E-state index in [1.54, 1.807) is 0 Å². The molecular weight excluding hydrogens is 352 g/mol. The van der Waals surface area contributed by atoms with Gasteiger partial charge in [-0.3, -0.25) is 19.4 Å². The molecule has 0 bridgehead atoms. The molecule has 1 atom stereocenters. The Balaban J connectivity index is 1.84. The van der Waals surface area contributed by atoms with E-state index < -0.39 is 0 Å². The smallest absolute Gasteiger partial charge is 0.237 e. The summed E-state index contributed by atoms with van der Waals surface area (Å²) in [6, 6.07) is 9.87. The lowest BCUT2D eigenvalue weighted by Crippen LogP contribution is -2.48. The molecule has 2 amide bonds. The summed E-state index contributed by atoms with van der Waals surface area (Å²) in [5.41, 5.74) is 0.900. The van der Waals surface area contributed by atoms with Crippen LogP contribution in [-0.4, -0.2) is 65.9 Å². The normalized spacial score (nSPS) is 17.6. The van der Waals surface area contributed by atoms with Crippen LogP contribution in [0.2, 0.25) is 0 Å². The van der Waals surface area contributed by atoms with Crippen LogP contribution in [0.4, 0.5) is 0 Å². The summed E-state index contributed by atoms with van der Waals surface area (Å²) in [4.78, 5) is 29.4. The van der Waals surface area contributed by atoms with Crippen LogP contribution in [0.3, 0.4) is 0 Å². The maximum atomic E-state index is 12.7. The Labute approximate surface area is 169 Å². The van der Waals surface area contributed by atoms with E-state index in [9.17, 15) is 9.59 Å². The van der Waals surface area contributed by atoms with E-state index in [0.717, 1.165) is 44.6 Å². The number of benzene rings is 1. The molecular formula is C22H36N4O2. The molecule has 1 heterocycles. The van der Waals surface area contributed by atoms with Crippen LogP contribution in [0.5, 0.6) is 0 Å². The van der Waals surface area contributed by atoms with Crippen molar-refractivity contribution in [1.82, 2.24) is 20.4 Å². The first-order chi connectivity index (χ1) is 13.3. The first kappa shape index (κ1) is 22.4. The molecule has 1 aliphatic rings. The summed E-state index contributed by atoms with van der Waals surface area (Å²) in [6.07, 6.45) is 1.75. The highest BCUT2D eigenvalue weighted by atomic mass is 16.2. The average molecular weight is 389 g/mol. The van der Waals surface area contributed by atoms with Gasteiger partial charge in [0.1, 0.15) is 0 Å². The molecule has 1 aromatic rings. The average Bonchev–Trinajstić information content (AvgIpc) is 2.85. The standard InChI is InChI=1S/C22H36N4O2/c1-5-19(21(28)23-16-18-10-7-6-8-11-18)26-13-9-12-25(14-15-26)17-20(27)24-22(2,3)4/h6-8,10-11,19H,5,9,12-17H2,1-4H3,(H,23,28)(H,24,27). The van der Waals surface area contributed by atoms with Crippen LogP contribution in [-0.2, 0) is 16.1 Å². The van der Waals surface area contributed by atoms with Gasteiger partial charge in [0.15, 0.2) is 0 Å². The maximum absolute atomic E-state index is 12.7. The molecule has 28 heavy (non-hydrogen) atoms. The third-order valence-electron chi connectivity index (χ3n) is 4.94.